The first-order valence-corrected chi connectivity index (χ1v) is 10.1. The fourth-order valence-electron chi connectivity index (χ4n) is 2.42. The van der Waals surface area contributed by atoms with Crippen LogP contribution in [0.1, 0.15) is 12.7 Å². The van der Waals surface area contributed by atoms with Crippen molar-refractivity contribution in [2.45, 2.75) is 13.3 Å². The molecule has 3 aromatic rings. The minimum atomic E-state index is -4.57. The smallest absolute Gasteiger partial charge is 0.360 e. The molecule has 146 valence electrons. The first kappa shape index (κ1) is 21.3. The minimum Gasteiger partial charge on any atom is -0.748 e. The third-order valence-corrected chi connectivity index (χ3v) is 4.26. The molecule has 1 N–H and O–H groups in total. The number of hydrogen-bond donors (Lipinski definition) is 1. The SMILES string of the molecule is CCc1cc(-c2ccccc2)cc(-c2ccccc2)[o+]1.O=C(O)CS(=O)(=O)[O-]. The second-order valence-electron chi connectivity index (χ2n) is 5.86. The van der Waals surface area contributed by atoms with Gasteiger partial charge < -0.3 is 9.66 Å². The van der Waals surface area contributed by atoms with Gasteiger partial charge in [-0.05, 0) is 17.7 Å². The minimum absolute atomic E-state index is 0.889. The Morgan fingerprint density at radius 3 is 1.89 bits per heavy atom. The zero-order valence-corrected chi connectivity index (χ0v) is 16.1. The Morgan fingerprint density at radius 1 is 0.929 bits per heavy atom. The lowest BCUT2D eigenvalue weighted by molar-refractivity contribution is -0.134. The van der Waals surface area contributed by atoms with Gasteiger partial charge >= 0.3 is 17.5 Å². The number of rotatable bonds is 5. The number of hydrogen-bond acceptors (Lipinski definition) is 4. The summed E-state index contributed by atoms with van der Waals surface area (Å²) in [7, 11) is -4.57. The Morgan fingerprint density at radius 2 is 1.46 bits per heavy atom. The number of aryl methyl sites for hydroxylation is 1. The van der Waals surface area contributed by atoms with Crippen molar-refractivity contribution in [1.82, 2.24) is 0 Å². The highest BCUT2D eigenvalue weighted by Gasteiger charge is 2.17. The molecule has 0 spiro atoms. The summed E-state index contributed by atoms with van der Waals surface area (Å²) in [5.74, 6) is -1.04. The van der Waals surface area contributed by atoms with E-state index in [-0.39, 0.29) is 0 Å². The summed E-state index contributed by atoms with van der Waals surface area (Å²) < 4.78 is 34.5. The van der Waals surface area contributed by atoms with Crippen molar-refractivity contribution in [1.29, 1.82) is 0 Å². The zero-order valence-electron chi connectivity index (χ0n) is 15.2. The average molecular weight is 400 g/mol. The summed E-state index contributed by atoms with van der Waals surface area (Å²) in [6, 6.07) is 24.9. The van der Waals surface area contributed by atoms with Crippen LogP contribution in [0.5, 0.6) is 0 Å². The largest absolute Gasteiger partial charge is 0.748 e. The topological polar surface area (TPSA) is 106 Å². The Hall–Kier alpha value is -3.03. The molecule has 0 unspecified atom stereocenters. The van der Waals surface area contributed by atoms with E-state index in [0.29, 0.717) is 0 Å². The molecule has 7 heteroatoms. The van der Waals surface area contributed by atoms with Crippen LogP contribution in [0.4, 0.5) is 0 Å². The summed E-state index contributed by atoms with van der Waals surface area (Å²) in [4.78, 5) is 9.44. The molecule has 1 aromatic heterocycles. The normalized spacial score (nSPS) is 10.6. The van der Waals surface area contributed by atoms with Gasteiger partial charge in [-0.1, -0.05) is 55.5 Å². The Balaban J connectivity index is 0.000000300. The lowest BCUT2D eigenvalue weighted by atomic mass is 10.0. The zero-order chi connectivity index (χ0) is 20.6. The Labute approximate surface area is 163 Å². The summed E-state index contributed by atoms with van der Waals surface area (Å²) in [6.45, 7) is 2.11. The highest BCUT2D eigenvalue weighted by Crippen LogP contribution is 2.28. The molecule has 0 aliphatic heterocycles. The monoisotopic (exact) mass is 400 g/mol. The molecule has 6 nitrogen and oxygen atoms in total. The number of carboxylic acids is 1. The maximum Gasteiger partial charge on any atom is 0.360 e. The van der Waals surface area contributed by atoms with Crippen molar-refractivity contribution >= 4 is 16.1 Å². The molecule has 0 amide bonds. The van der Waals surface area contributed by atoms with Gasteiger partial charge in [-0.3, -0.25) is 4.79 Å². The van der Waals surface area contributed by atoms with Gasteiger partial charge in [-0.25, -0.2) is 12.8 Å². The maximum atomic E-state index is 9.51. The molecule has 0 saturated heterocycles. The van der Waals surface area contributed by atoms with Crippen LogP contribution >= 0.6 is 0 Å². The van der Waals surface area contributed by atoms with Crippen molar-refractivity contribution in [3.05, 3.63) is 78.6 Å². The highest BCUT2D eigenvalue weighted by atomic mass is 32.2. The predicted octanol–water partition coefficient (Wildman–Crippen LogP) is 4.07. The van der Waals surface area contributed by atoms with Gasteiger partial charge in [0.25, 0.3) is 0 Å². The molecule has 0 fully saturated rings. The van der Waals surface area contributed by atoms with Gasteiger partial charge in [-0.15, -0.1) is 0 Å². The van der Waals surface area contributed by atoms with E-state index in [9.17, 15) is 17.8 Å². The first-order valence-electron chi connectivity index (χ1n) is 8.51. The second kappa shape index (κ2) is 9.77. The molecule has 0 bridgehead atoms. The lowest BCUT2D eigenvalue weighted by Crippen LogP contribution is -2.13. The summed E-state index contributed by atoms with van der Waals surface area (Å²) >= 11 is 0. The molecule has 28 heavy (non-hydrogen) atoms. The Kier molecular flexibility index (Phi) is 7.43. The van der Waals surface area contributed by atoms with E-state index >= 15 is 0 Å². The van der Waals surface area contributed by atoms with Gasteiger partial charge in [0.1, 0.15) is 15.9 Å². The molecule has 0 aliphatic rings. The molecule has 2 aromatic carbocycles. The summed E-state index contributed by atoms with van der Waals surface area (Å²) in [5.41, 5.74) is 3.53. The number of carbonyl (C=O) groups is 1. The fraction of sp³-hybridized carbons (Fsp3) is 0.143. The summed E-state index contributed by atoms with van der Waals surface area (Å²) in [6.07, 6.45) is 0.889. The van der Waals surface area contributed by atoms with Crippen LogP contribution in [0, 0.1) is 0 Å². The van der Waals surface area contributed by atoms with Crippen LogP contribution in [0.3, 0.4) is 0 Å². The van der Waals surface area contributed by atoms with Crippen molar-refractivity contribution in [3.8, 4) is 22.5 Å². The van der Waals surface area contributed by atoms with E-state index in [1.54, 1.807) is 0 Å². The third kappa shape index (κ3) is 6.94. The van der Waals surface area contributed by atoms with Crippen molar-refractivity contribution in [2.75, 3.05) is 5.75 Å². The van der Waals surface area contributed by atoms with Crippen molar-refractivity contribution in [3.63, 3.8) is 0 Å². The first-order chi connectivity index (χ1) is 13.3. The van der Waals surface area contributed by atoms with Crippen LogP contribution in [0.2, 0.25) is 0 Å². The van der Waals surface area contributed by atoms with E-state index in [2.05, 4.69) is 55.5 Å². The third-order valence-electron chi connectivity index (χ3n) is 3.66. The van der Waals surface area contributed by atoms with E-state index in [1.165, 1.54) is 11.1 Å². The molecule has 0 aliphatic carbocycles. The Bertz CT molecular complexity index is 958. The van der Waals surface area contributed by atoms with Gasteiger partial charge in [0.05, 0.1) is 18.1 Å². The van der Waals surface area contributed by atoms with Crippen LogP contribution in [0.25, 0.3) is 22.5 Å². The standard InChI is InChI=1S/C19H17O.C2H4O5S/c1-2-18-13-17(15-9-5-3-6-10-15)14-19(20-18)16-11-7-4-8-12-16;3-2(4)1-8(5,6)7/h3-14H,2H2,1H3;1H2,(H,3,4)(H,5,6,7)/q+1;/p-1. The van der Waals surface area contributed by atoms with Crippen LogP contribution in [0.15, 0.2) is 77.2 Å². The molecule has 0 atom stereocenters. The van der Waals surface area contributed by atoms with Gasteiger partial charge in [-0.2, -0.15) is 0 Å². The molecule has 0 radical (unpaired) electrons. The predicted molar refractivity (Wildman–Crippen MR) is 106 cm³/mol. The van der Waals surface area contributed by atoms with Crippen LogP contribution in [-0.4, -0.2) is 29.8 Å². The highest BCUT2D eigenvalue weighted by molar-refractivity contribution is 7.86. The lowest BCUT2D eigenvalue weighted by Gasteiger charge is -2.00. The number of aliphatic carboxylic acids is 1. The molecular formula is C21H20O6S. The van der Waals surface area contributed by atoms with E-state index in [4.69, 9.17) is 9.52 Å². The van der Waals surface area contributed by atoms with Gasteiger partial charge in [0.15, 0.2) is 0 Å². The van der Waals surface area contributed by atoms with Crippen molar-refractivity contribution in [2.24, 2.45) is 0 Å². The van der Waals surface area contributed by atoms with E-state index < -0.39 is 21.8 Å². The van der Waals surface area contributed by atoms with Crippen LogP contribution in [-0.2, 0) is 21.3 Å². The summed E-state index contributed by atoms with van der Waals surface area (Å²) in [5, 5.41) is 7.67. The average Bonchev–Trinajstić information content (AvgIpc) is 2.67. The molecule has 3 rings (SSSR count). The maximum absolute atomic E-state index is 9.51. The van der Waals surface area contributed by atoms with Gasteiger partial charge in [0, 0.05) is 11.6 Å². The second-order valence-corrected chi connectivity index (χ2v) is 7.26. The molecular weight excluding hydrogens is 380 g/mol. The molecule has 0 saturated carbocycles. The quantitative estimate of drug-likeness (QED) is 0.511. The molecule has 1 heterocycles. The van der Waals surface area contributed by atoms with E-state index in [1.807, 2.05) is 24.3 Å². The fourth-order valence-corrected chi connectivity index (χ4v) is 2.73. The number of carboxylic acid groups (broad SMARTS) is 1. The van der Waals surface area contributed by atoms with Crippen LogP contribution < -0.4 is 0 Å². The number of benzene rings is 2. The van der Waals surface area contributed by atoms with Crippen molar-refractivity contribution < 1.29 is 27.3 Å². The van der Waals surface area contributed by atoms with E-state index in [0.717, 1.165) is 23.5 Å². The van der Waals surface area contributed by atoms with Gasteiger partial charge in [0.2, 0.25) is 0 Å².